The highest BCUT2D eigenvalue weighted by Gasteiger charge is 2.53. The third kappa shape index (κ3) is 3.53. The van der Waals surface area contributed by atoms with Gasteiger partial charge in [-0.2, -0.15) is 0 Å². The number of esters is 1. The van der Waals surface area contributed by atoms with Crippen molar-refractivity contribution in [3.8, 4) is 0 Å². The van der Waals surface area contributed by atoms with Crippen LogP contribution in [0, 0.1) is 5.92 Å². The molecule has 27 heavy (non-hydrogen) atoms. The van der Waals surface area contributed by atoms with Gasteiger partial charge in [0.2, 0.25) is 5.91 Å². The summed E-state index contributed by atoms with van der Waals surface area (Å²) in [5, 5.41) is 6.92. The van der Waals surface area contributed by atoms with E-state index in [1.54, 1.807) is 6.07 Å². The predicted octanol–water partition coefficient (Wildman–Crippen LogP) is 3.59. The molecule has 1 N–H and O–H groups in total. The van der Waals surface area contributed by atoms with Crippen LogP contribution < -0.4 is 5.32 Å². The van der Waals surface area contributed by atoms with E-state index in [2.05, 4.69) is 10.5 Å². The Balaban J connectivity index is 1.94. The van der Waals surface area contributed by atoms with E-state index in [4.69, 9.17) is 9.26 Å². The SMILES string of the molecule is CC(=O)Nc1sc2c(c1C(=O)OCC(C)C)C(C)(CCc1ccon1)C2=O. The van der Waals surface area contributed by atoms with Gasteiger partial charge in [0.1, 0.15) is 11.3 Å². The molecule has 1 unspecified atom stereocenters. The number of hydrogen-bond donors (Lipinski definition) is 1. The molecule has 2 aromatic heterocycles. The summed E-state index contributed by atoms with van der Waals surface area (Å²) in [6.45, 7) is 7.35. The van der Waals surface area contributed by atoms with Crippen LogP contribution in [-0.4, -0.2) is 29.4 Å². The first kappa shape index (κ1) is 19.3. The summed E-state index contributed by atoms with van der Waals surface area (Å²) in [7, 11) is 0. The Morgan fingerprint density at radius 3 is 2.74 bits per heavy atom. The first-order valence-corrected chi connectivity index (χ1v) is 9.61. The summed E-state index contributed by atoms with van der Waals surface area (Å²) < 4.78 is 10.2. The van der Waals surface area contributed by atoms with Gasteiger partial charge in [-0.3, -0.25) is 9.59 Å². The molecular formula is C19H22N2O5S. The second-order valence-electron chi connectivity index (χ2n) is 7.34. The Kier molecular flexibility index (Phi) is 5.19. The Morgan fingerprint density at radius 2 is 2.15 bits per heavy atom. The molecule has 1 aliphatic rings. The highest BCUT2D eigenvalue weighted by atomic mass is 32.1. The Hall–Kier alpha value is -2.48. The van der Waals surface area contributed by atoms with E-state index in [9.17, 15) is 14.4 Å². The van der Waals surface area contributed by atoms with Gasteiger partial charge >= 0.3 is 5.97 Å². The van der Waals surface area contributed by atoms with Crippen molar-refractivity contribution in [3.05, 3.63) is 34.0 Å². The normalized spacial score (nSPS) is 18.2. The Labute approximate surface area is 161 Å². The van der Waals surface area contributed by atoms with Gasteiger partial charge in [-0.1, -0.05) is 19.0 Å². The highest BCUT2D eigenvalue weighted by molar-refractivity contribution is 7.19. The lowest BCUT2D eigenvalue weighted by Gasteiger charge is -2.37. The fourth-order valence-electron chi connectivity index (χ4n) is 3.16. The van der Waals surface area contributed by atoms with Crippen molar-refractivity contribution in [1.82, 2.24) is 5.16 Å². The summed E-state index contributed by atoms with van der Waals surface area (Å²) in [5.74, 6) is -0.653. The van der Waals surface area contributed by atoms with Crippen LogP contribution >= 0.6 is 11.3 Å². The van der Waals surface area contributed by atoms with E-state index >= 15 is 0 Å². The molecule has 0 bridgehead atoms. The number of aryl methyl sites for hydroxylation is 1. The van der Waals surface area contributed by atoms with E-state index in [-0.39, 0.29) is 24.2 Å². The number of Topliss-reactive ketones (excluding diaryl/α,β-unsaturated/α-hetero) is 1. The maximum absolute atomic E-state index is 12.8. The van der Waals surface area contributed by atoms with Crippen LogP contribution in [0.2, 0.25) is 0 Å². The molecule has 0 saturated heterocycles. The van der Waals surface area contributed by atoms with Gasteiger partial charge in [0.15, 0.2) is 5.78 Å². The van der Waals surface area contributed by atoms with Crippen LogP contribution in [-0.2, 0) is 21.4 Å². The number of anilines is 1. The van der Waals surface area contributed by atoms with Crippen LogP contribution in [0.5, 0.6) is 0 Å². The summed E-state index contributed by atoms with van der Waals surface area (Å²) in [6.07, 6.45) is 2.52. The van der Waals surface area contributed by atoms with Crippen molar-refractivity contribution in [2.24, 2.45) is 5.92 Å². The molecule has 0 fully saturated rings. The van der Waals surface area contributed by atoms with E-state index in [0.29, 0.717) is 33.8 Å². The van der Waals surface area contributed by atoms with Crippen LogP contribution in [0.4, 0.5) is 5.00 Å². The molecule has 0 saturated carbocycles. The number of ether oxygens (including phenoxy) is 1. The monoisotopic (exact) mass is 390 g/mol. The summed E-state index contributed by atoms with van der Waals surface area (Å²) in [6, 6.07) is 1.75. The van der Waals surface area contributed by atoms with Gasteiger partial charge in [-0.15, -0.1) is 11.3 Å². The zero-order valence-corrected chi connectivity index (χ0v) is 16.6. The fourth-order valence-corrected chi connectivity index (χ4v) is 4.59. The molecule has 0 spiro atoms. The lowest BCUT2D eigenvalue weighted by Crippen LogP contribution is -2.44. The van der Waals surface area contributed by atoms with Gasteiger partial charge in [0.25, 0.3) is 0 Å². The maximum Gasteiger partial charge on any atom is 0.341 e. The van der Waals surface area contributed by atoms with Crippen molar-refractivity contribution in [2.45, 2.75) is 46.0 Å². The number of nitrogens with one attached hydrogen (secondary N) is 1. The van der Waals surface area contributed by atoms with Gasteiger partial charge in [-0.25, -0.2) is 4.79 Å². The molecule has 0 aromatic carbocycles. The first-order chi connectivity index (χ1) is 12.7. The number of thiophene rings is 1. The van der Waals surface area contributed by atoms with Crippen LogP contribution in [0.25, 0.3) is 0 Å². The molecule has 3 rings (SSSR count). The minimum Gasteiger partial charge on any atom is -0.462 e. The molecule has 2 aromatic rings. The number of fused-ring (bicyclic) bond motifs is 1. The molecule has 7 nitrogen and oxygen atoms in total. The van der Waals surface area contributed by atoms with E-state index in [1.165, 1.54) is 13.2 Å². The predicted molar refractivity (Wildman–Crippen MR) is 100 cm³/mol. The van der Waals surface area contributed by atoms with Crippen molar-refractivity contribution < 1.29 is 23.6 Å². The van der Waals surface area contributed by atoms with Crippen molar-refractivity contribution in [3.63, 3.8) is 0 Å². The number of ketones is 1. The molecule has 1 atom stereocenters. The van der Waals surface area contributed by atoms with Gasteiger partial charge < -0.3 is 14.6 Å². The Morgan fingerprint density at radius 1 is 1.41 bits per heavy atom. The minimum atomic E-state index is -0.812. The molecule has 0 radical (unpaired) electrons. The molecule has 144 valence electrons. The van der Waals surface area contributed by atoms with Crippen LogP contribution in [0.1, 0.15) is 65.4 Å². The second-order valence-corrected chi connectivity index (χ2v) is 8.36. The third-order valence-corrected chi connectivity index (χ3v) is 5.69. The average molecular weight is 390 g/mol. The number of rotatable bonds is 7. The molecule has 1 amide bonds. The average Bonchev–Trinajstić information content (AvgIpc) is 3.23. The largest absolute Gasteiger partial charge is 0.462 e. The van der Waals surface area contributed by atoms with E-state index in [0.717, 1.165) is 17.0 Å². The zero-order chi connectivity index (χ0) is 19.8. The lowest BCUT2D eigenvalue weighted by atomic mass is 9.64. The quantitative estimate of drug-likeness (QED) is 0.726. The standard InChI is InChI=1S/C19H22N2O5S/c1-10(2)9-25-18(24)13-14-15(27-17(13)20-11(3)22)16(23)19(14,4)7-5-12-6-8-26-21-12/h6,8,10H,5,7,9H2,1-4H3,(H,20,22). The Bertz CT molecular complexity index is 884. The van der Waals surface area contributed by atoms with Crippen LogP contribution in [0.15, 0.2) is 16.9 Å². The smallest absolute Gasteiger partial charge is 0.341 e. The van der Waals surface area contributed by atoms with Crippen molar-refractivity contribution >= 4 is 34.0 Å². The minimum absolute atomic E-state index is 0.0273. The fraction of sp³-hybridized carbons (Fsp3) is 0.474. The lowest BCUT2D eigenvalue weighted by molar-refractivity contribution is -0.114. The van der Waals surface area contributed by atoms with E-state index < -0.39 is 11.4 Å². The summed E-state index contributed by atoms with van der Waals surface area (Å²) in [5.41, 5.74) is 0.901. The first-order valence-electron chi connectivity index (χ1n) is 8.80. The number of aromatic nitrogens is 1. The third-order valence-electron chi connectivity index (χ3n) is 4.58. The number of nitrogens with zero attached hydrogens (tertiary/aromatic N) is 1. The topological polar surface area (TPSA) is 98.5 Å². The van der Waals surface area contributed by atoms with Crippen LogP contribution in [0.3, 0.4) is 0 Å². The van der Waals surface area contributed by atoms with E-state index in [1.807, 2.05) is 20.8 Å². The number of amides is 1. The molecule has 2 heterocycles. The molecule has 8 heteroatoms. The highest BCUT2D eigenvalue weighted by Crippen LogP contribution is 2.53. The summed E-state index contributed by atoms with van der Waals surface area (Å²) in [4.78, 5) is 37.6. The molecule has 0 aliphatic heterocycles. The van der Waals surface area contributed by atoms with Gasteiger partial charge in [-0.05, 0) is 25.7 Å². The zero-order valence-electron chi connectivity index (χ0n) is 15.8. The van der Waals surface area contributed by atoms with Gasteiger partial charge in [0, 0.05) is 18.6 Å². The van der Waals surface area contributed by atoms with Gasteiger partial charge in [0.05, 0.1) is 28.2 Å². The van der Waals surface area contributed by atoms with Crippen molar-refractivity contribution in [1.29, 1.82) is 0 Å². The number of carbonyl (C=O) groups excluding carboxylic acids is 3. The number of carbonyl (C=O) groups is 3. The van der Waals surface area contributed by atoms with Crippen molar-refractivity contribution in [2.75, 3.05) is 11.9 Å². The maximum atomic E-state index is 12.8. The molecular weight excluding hydrogens is 368 g/mol. The molecule has 1 aliphatic carbocycles. The number of hydrogen-bond acceptors (Lipinski definition) is 7. The summed E-state index contributed by atoms with van der Waals surface area (Å²) >= 11 is 1.14. The second kappa shape index (κ2) is 7.26.